The van der Waals surface area contributed by atoms with Crippen molar-refractivity contribution >= 4 is 5.91 Å². The van der Waals surface area contributed by atoms with Gasteiger partial charge in [-0.1, -0.05) is 5.21 Å². The molecular weight excluding hydrogens is 234 g/mol. The number of nitrogens with one attached hydrogen (secondary N) is 1. The molecule has 2 heterocycles. The number of carbonyl (C=O) groups is 1. The fourth-order valence-electron chi connectivity index (χ4n) is 1.57. The van der Waals surface area contributed by atoms with Crippen LogP contribution >= 0.6 is 0 Å². The number of aryl methyl sites for hydroxylation is 2. The van der Waals surface area contributed by atoms with Crippen molar-refractivity contribution in [3.8, 4) is 5.69 Å². The van der Waals surface area contributed by atoms with E-state index in [1.54, 1.807) is 15.6 Å². The van der Waals surface area contributed by atoms with Crippen molar-refractivity contribution in [1.82, 2.24) is 30.1 Å². The molecule has 0 atom stereocenters. The topological polar surface area (TPSA) is 104 Å². The first kappa shape index (κ1) is 12.2. The zero-order chi connectivity index (χ0) is 13.1. The molecule has 2 aromatic rings. The Balaban J connectivity index is 2.11. The van der Waals surface area contributed by atoms with E-state index in [9.17, 15) is 4.79 Å². The lowest BCUT2D eigenvalue weighted by Gasteiger charge is -1.98. The first-order valence-corrected chi connectivity index (χ1v) is 5.48. The first-order chi connectivity index (χ1) is 8.60. The standard InChI is InChI=1S/C10H15N7O/c1-7-9(6-16(2)14-7)17-5-8(13-15-17)4-12-10(18)3-11/h5-6H,3-4,11H2,1-2H3,(H,12,18). The van der Waals surface area contributed by atoms with E-state index in [1.807, 2.05) is 20.2 Å². The van der Waals surface area contributed by atoms with Gasteiger partial charge in [0.1, 0.15) is 11.4 Å². The lowest BCUT2D eigenvalue weighted by Crippen LogP contribution is -2.29. The molecule has 2 rings (SSSR count). The smallest absolute Gasteiger partial charge is 0.234 e. The Hall–Kier alpha value is -2.22. The van der Waals surface area contributed by atoms with Crippen LogP contribution in [-0.2, 0) is 18.4 Å². The van der Waals surface area contributed by atoms with Gasteiger partial charge < -0.3 is 11.1 Å². The van der Waals surface area contributed by atoms with E-state index in [1.165, 1.54) is 0 Å². The van der Waals surface area contributed by atoms with Crippen molar-refractivity contribution in [2.45, 2.75) is 13.5 Å². The lowest BCUT2D eigenvalue weighted by molar-refractivity contribution is -0.119. The highest BCUT2D eigenvalue weighted by Gasteiger charge is 2.08. The molecule has 1 amide bonds. The molecule has 0 saturated carbocycles. The van der Waals surface area contributed by atoms with Gasteiger partial charge >= 0.3 is 0 Å². The number of hydrogen-bond acceptors (Lipinski definition) is 5. The van der Waals surface area contributed by atoms with Crippen LogP contribution < -0.4 is 11.1 Å². The Morgan fingerprint density at radius 3 is 2.89 bits per heavy atom. The molecule has 0 bridgehead atoms. The number of hydrogen-bond donors (Lipinski definition) is 2. The molecule has 0 saturated heterocycles. The van der Waals surface area contributed by atoms with Crippen LogP contribution in [0, 0.1) is 6.92 Å². The first-order valence-electron chi connectivity index (χ1n) is 5.48. The number of carbonyl (C=O) groups excluding carboxylic acids is 1. The van der Waals surface area contributed by atoms with Crippen molar-refractivity contribution < 1.29 is 4.79 Å². The third-order valence-corrected chi connectivity index (χ3v) is 2.43. The lowest BCUT2D eigenvalue weighted by atomic mass is 10.4. The van der Waals surface area contributed by atoms with E-state index in [0.717, 1.165) is 11.4 Å². The number of nitrogens with two attached hydrogens (primary N) is 1. The molecule has 0 fully saturated rings. The molecule has 3 N–H and O–H groups in total. The summed E-state index contributed by atoms with van der Waals surface area (Å²) in [5.41, 5.74) is 7.58. The summed E-state index contributed by atoms with van der Waals surface area (Å²) in [4.78, 5) is 11.0. The van der Waals surface area contributed by atoms with E-state index in [2.05, 4.69) is 20.7 Å². The third kappa shape index (κ3) is 2.54. The van der Waals surface area contributed by atoms with Gasteiger partial charge in [0.25, 0.3) is 0 Å². The zero-order valence-corrected chi connectivity index (χ0v) is 10.3. The van der Waals surface area contributed by atoms with Crippen LogP contribution in [0.15, 0.2) is 12.4 Å². The predicted octanol–water partition coefficient (Wildman–Crippen LogP) is -1.12. The van der Waals surface area contributed by atoms with Crippen LogP contribution in [0.4, 0.5) is 0 Å². The van der Waals surface area contributed by atoms with E-state index >= 15 is 0 Å². The maximum absolute atomic E-state index is 11.0. The van der Waals surface area contributed by atoms with Crippen LogP contribution in [0.25, 0.3) is 5.69 Å². The fourth-order valence-corrected chi connectivity index (χ4v) is 1.57. The summed E-state index contributed by atoms with van der Waals surface area (Å²) in [5, 5.41) is 14.8. The Labute approximate surface area is 104 Å². The van der Waals surface area contributed by atoms with Gasteiger partial charge in [-0.2, -0.15) is 5.10 Å². The minimum Gasteiger partial charge on any atom is -0.349 e. The summed E-state index contributed by atoms with van der Waals surface area (Å²) in [6.45, 7) is 2.18. The molecule has 0 unspecified atom stereocenters. The molecular formula is C10H15N7O. The molecule has 8 heteroatoms. The van der Waals surface area contributed by atoms with Crippen molar-refractivity contribution in [3.63, 3.8) is 0 Å². The summed E-state index contributed by atoms with van der Waals surface area (Å²) in [6.07, 6.45) is 3.60. The van der Waals surface area contributed by atoms with Crippen molar-refractivity contribution in [3.05, 3.63) is 23.8 Å². The summed E-state index contributed by atoms with van der Waals surface area (Å²) < 4.78 is 3.34. The molecule has 0 radical (unpaired) electrons. The van der Waals surface area contributed by atoms with Gasteiger partial charge in [0.2, 0.25) is 5.91 Å². The summed E-state index contributed by atoms with van der Waals surface area (Å²) >= 11 is 0. The SMILES string of the molecule is Cc1nn(C)cc1-n1cc(CNC(=O)CN)nn1. The van der Waals surface area contributed by atoms with Crippen LogP contribution in [0.3, 0.4) is 0 Å². The number of aromatic nitrogens is 5. The Morgan fingerprint density at radius 1 is 1.50 bits per heavy atom. The molecule has 0 aliphatic heterocycles. The quantitative estimate of drug-likeness (QED) is 0.714. The minimum absolute atomic E-state index is 0.0319. The van der Waals surface area contributed by atoms with Crippen LogP contribution in [0.5, 0.6) is 0 Å². The highest BCUT2D eigenvalue weighted by molar-refractivity contribution is 5.77. The zero-order valence-electron chi connectivity index (χ0n) is 10.3. The highest BCUT2D eigenvalue weighted by Crippen LogP contribution is 2.10. The van der Waals surface area contributed by atoms with Gasteiger partial charge in [0.15, 0.2) is 0 Å². The monoisotopic (exact) mass is 249 g/mol. The minimum atomic E-state index is -0.220. The number of nitrogens with zero attached hydrogens (tertiary/aromatic N) is 5. The summed E-state index contributed by atoms with van der Waals surface area (Å²) in [5.74, 6) is -0.220. The predicted molar refractivity (Wildman–Crippen MR) is 63.8 cm³/mol. The second-order valence-electron chi connectivity index (χ2n) is 3.91. The van der Waals surface area contributed by atoms with Crippen LogP contribution in [0.2, 0.25) is 0 Å². The van der Waals surface area contributed by atoms with Gasteiger partial charge in [0.05, 0.1) is 31.2 Å². The second kappa shape index (κ2) is 4.96. The molecule has 0 aliphatic carbocycles. The molecule has 2 aromatic heterocycles. The highest BCUT2D eigenvalue weighted by atomic mass is 16.1. The molecule has 18 heavy (non-hydrogen) atoms. The molecule has 0 aromatic carbocycles. The fraction of sp³-hybridized carbons (Fsp3) is 0.400. The maximum atomic E-state index is 11.0. The van der Waals surface area contributed by atoms with E-state index in [0.29, 0.717) is 12.2 Å². The van der Waals surface area contributed by atoms with E-state index in [4.69, 9.17) is 5.73 Å². The average Bonchev–Trinajstić information content (AvgIpc) is 2.92. The Morgan fingerprint density at radius 2 is 2.28 bits per heavy atom. The van der Waals surface area contributed by atoms with Gasteiger partial charge in [-0.15, -0.1) is 5.10 Å². The third-order valence-electron chi connectivity index (χ3n) is 2.43. The summed E-state index contributed by atoms with van der Waals surface area (Å²) in [6, 6.07) is 0. The van der Waals surface area contributed by atoms with Gasteiger partial charge in [0, 0.05) is 7.05 Å². The van der Waals surface area contributed by atoms with Crippen LogP contribution in [-0.4, -0.2) is 37.2 Å². The molecule has 8 nitrogen and oxygen atoms in total. The summed E-state index contributed by atoms with van der Waals surface area (Å²) in [7, 11) is 1.84. The molecule has 96 valence electrons. The molecule has 0 spiro atoms. The number of amides is 1. The molecule has 0 aliphatic rings. The van der Waals surface area contributed by atoms with Crippen LogP contribution in [0.1, 0.15) is 11.4 Å². The number of rotatable bonds is 4. The van der Waals surface area contributed by atoms with Gasteiger partial charge in [-0.3, -0.25) is 9.48 Å². The van der Waals surface area contributed by atoms with Crippen molar-refractivity contribution in [2.75, 3.05) is 6.54 Å². The van der Waals surface area contributed by atoms with E-state index < -0.39 is 0 Å². The Bertz CT molecular complexity index is 556. The normalized spacial score (nSPS) is 10.6. The maximum Gasteiger partial charge on any atom is 0.234 e. The van der Waals surface area contributed by atoms with Crippen molar-refractivity contribution in [2.24, 2.45) is 12.8 Å². The largest absolute Gasteiger partial charge is 0.349 e. The van der Waals surface area contributed by atoms with Gasteiger partial charge in [-0.05, 0) is 6.92 Å². The second-order valence-corrected chi connectivity index (χ2v) is 3.91. The van der Waals surface area contributed by atoms with Crippen molar-refractivity contribution in [1.29, 1.82) is 0 Å². The Kier molecular flexibility index (Phi) is 3.38. The van der Waals surface area contributed by atoms with E-state index in [-0.39, 0.29) is 12.5 Å². The average molecular weight is 249 g/mol. The van der Waals surface area contributed by atoms with Gasteiger partial charge in [-0.25, -0.2) is 4.68 Å².